The van der Waals surface area contributed by atoms with Crippen LogP contribution in [0.25, 0.3) is 0 Å². The van der Waals surface area contributed by atoms with Gasteiger partial charge in [0.2, 0.25) is 5.91 Å². The molecule has 0 aliphatic carbocycles. The van der Waals surface area contributed by atoms with Crippen LogP contribution >= 0.6 is 0 Å². The maximum atomic E-state index is 12.7. The summed E-state index contributed by atoms with van der Waals surface area (Å²) in [6.07, 6.45) is 1.97. The lowest BCUT2D eigenvalue weighted by molar-refractivity contribution is -0.385. The normalized spacial score (nSPS) is 17.2. The molecule has 0 aromatic heterocycles. The highest BCUT2D eigenvalue weighted by molar-refractivity contribution is 5.95. The number of likely N-dealkylation sites (tertiary alicyclic amines) is 1. The van der Waals surface area contributed by atoms with E-state index in [0.717, 1.165) is 12.8 Å². The molecule has 0 bridgehead atoms. The van der Waals surface area contributed by atoms with E-state index < -0.39 is 4.92 Å². The van der Waals surface area contributed by atoms with Gasteiger partial charge in [-0.05, 0) is 25.3 Å². The molecule has 8 nitrogen and oxygen atoms in total. The van der Waals surface area contributed by atoms with Crippen LogP contribution in [-0.4, -0.2) is 47.8 Å². The minimum Gasteiger partial charge on any atom is -0.355 e. The van der Waals surface area contributed by atoms with Crippen LogP contribution in [0.4, 0.5) is 5.69 Å². The fraction of sp³-hybridized carbons (Fsp3) is 0.529. The van der Waals surface area contributed by atoms with Crippen molar-refractivity contribution in [3.8, 4) is 0 Å². The summed E-state index contributed by atoms with van der Waals surface area (Å²) >= 11 is 0. The molecule has 25 heavy (non-hydrogen) atoms. The van der Waals surface area contributed by atoms with Crippen molar-refractivity contribution < 1.29 is 14.5 Å². The van der Waals surface area contributed by atoms with Crippen LogP contribution in [0.2, 0.25) is 0 Å². The molecule has 0 saturated carbocycles. The van der Waals surface area contributed by atoms with Crippen molar-refractivity contribution in [2.24, 2.45) is 11.7 Å². The zero-order valence-corrected chi connectivity index (χ0v) is 14.4. The Hall–Kier alpha value is -2.48. The highest BCUT2D eigenvalue weighted by Gasteiger charge is 2.29. The lowest BCUT2D eigenvalue weighted by Gasteiger charge is -2.32. The molecule has 2 rings (SSSR count). The molecule has 1 aliphatic rings. The second-order valence-corrected chi connectivity index (χ2v) is 6.12. The number of nitro benzene ring substituents is 1. The Labute approximate surface area is 146 Å². The van der Waals surface area contributed by atoms with Crippen LogP contribution in [0.1, 0.15) is 35.7 Å². The second-order valence-electron chi connectivity index (χ2n) is 6.12. The molecule has 3 N–H and O–H groups in total. The van der Waals surface area contributed by atoms with E-state index in [2.05, 4.69) is 5.32 Å². The molecule has 1 fully saturated rings. The van der Waals surface area contributed by atoms with Gasteiger partial charge < -0.3 is 16.0 Å². The summed E-state index contributed by atoms with van der Waals surface area (Å²) in [7, 11) is 0. The average molecular weight is 348 g/mol. The van der Waals surface area contributed by atoms with Crippen LogP contribution < -0.4 is 11.1 Å². The van der Waals surface area contributed by atoms with Crippen molar-refractivity contribution >= 4 is 17.5 Å². The number of nitrogens with two attached hydrogens (primary N) is 1. The number of aryl methyl sites for hydroxylation is 1. The highest BCUT2D eigenvalue weighted by Crippen LogP contribution is 2.24. The van der Waals surface area contributed by atoms with E-state index in [4.69, 9.17) is 5.73 Å². The lowest BCUT2D eigenvalue weighted by Crippen LogP contribution is -2.46. The molecule has 1 heterocycles. The summed E-state index contributed by atoms with van der Waals surface area (Å²) in [5.41, 5.74) is 6.23. The molecule has 1 unspecified atom stereocenters. The molecular formula is C17H24N4O4. The number of amides is 2. The number of rotatable bonds is 6. The summed E-state index contributed by atoms with van der Waals surface area (Å²) < 4.78 is 0. The van der Waals surface area contributed by atoms with Gasteiger partial charge in [-0.3, -0.25) is 19.7 Å². The van der Waals surface area contributed by atoms with Gasteiger partial charge in [0, 0.05) is 43.4 Å². The van der Waals surface area contributed by atoms with Crippen LogP contribution in [0, 0.1) is 16.0 Å². The molecule has 1 aromatic rings. The number of hydrogen-bond acceptors (Lipinski definition) is 5. The van der Waals surface area contributed by atoms with E-state index in [-0.39, 0.29) is 29.0 Å². The standard InChI is InChI=1S/C17H24N4O4/c1-2-12-5-6-13(10-15(12)21(24)25)17(23)20-9-3-4-14(11-20)16(22)19-8-7-18/h5-6,10,14H,2-4,7-9,11,18H2,1H3,(H,19,22). The Morgan fingerprint density at radius 2 is 2.20 bits per heavy atom. The predicted molar refractivity (Wildman–Crippen MR) is 93.2 cm³/mol. The topological polar surface area (TPSA) is 119 Å². The van der Waals surface area contributed by atoms with Gasteiger partial charge in [0.05, 0.1) is 10.8 Å². The number of piperidine rings is 1. The molecule has 1 saturated heterocycles. The van der Waals surface area contributed by atoms with Crippen LogP contribution in [0.5, 0.6) is 0 Å². The third-order valence-electron chi connectivity index (χ3n) is 4.43. The smallest absolute Gasteiger partial charge is 0.273 e. The molecule has 136 valence electrons. The van der Waals surface area contributed by atoms with Gasteiger partial charge in [0.1, 0.15) is 0 Å². The molecular weight excluding hydrogens is 324 g/mol. The Morgan fingerprint density at radius 3 is 2.84 bits per heavy atom. The van der Waals surface area contributed by atoms with Crippen molar-refractivity contribution in [2.45, 2.75) is 26.2 Å². The van der Waals surface area contributed by atoms with Gasteiger partial charge in [-0.15, -0.1) is 0 Å². The Morgan fingerprint density at radius 1 is 1.44 bits per heavy atom. The summed E-state index contributed by atoms with van der Waals surface area (Å²) in [6.45, 7) is 3.48. The fourth-order valence-electron chi connectivity index (χ4n) is 3.06. The maximum Gasteiger partial charge on any atom is 0.273 e. The minimum absolute atomic E-state index is 0.0393. The molecule has 1 atom stereocenters. The summed E-state index contributed by atoms with van der Waals surface area (Å²) in [6, 6.07) is 4.58. The largest absolute Gasteiger partial charge is 0.355 e. The minimum atomic E-state index is -0.463. The zero-order valence-electron chi connectivity index (χ0n) is 14.4. The van der Waals surface area contributed by atoms with Crippen LogP contribution in [0.15, 0.2) is 18.2 Å². The Bertz CT molecular complexity index is 662. The third kappa shape index (κ3) is 4.54. The molecule has 2 amide bonds. The van der Waals surface area contributed by atoms with Crippen molar-refractivity contribution in [2.75, 3.05) is 26.2 Å². The van der Waals surface area contributed by atoms with E-state index in [1.165, 1.54) is 6.07 Å². The number of nitrogens with one attached hydrogen (secondary N) is 1. The van der Waals surface area contributed by atoms with E-state index >= 15 is 0 Å². The Balaban J connectivity index is 2.13. The number of hydrogen-bond donors (Lipinski definition) is 2. The zero-order chi connectivity index (χ0) is 18.4. The van der Waals surface area contributed by atoms with Crippen molar-refractivity contribution in [1.29, 1.82) is 0 Å². The van der Waals surface area contributed by atoms with Gasteiger partial charge >= 0.3 is 0 Å². The first-order valence-electron chi connectivity index (χ1n) is 8.52. The van der Waals surface area contributed by atoms with Gasteiger partial charge in [-0.1, -0.05) is 13.0 Å². The van der Waals surface area contributed by atoms with E-state index in [0.29, 0.717) is 38.2 Å². The fourth-order valence-corrected chi connectivity index (χ4v) is 3.06. The van der Waals surface area contributed by atoms with Gasteiger partial charge in [0.15, 0.2) is 0 Å². The van der Waals surface area contributed by atoms with Crippen molar-refractivity contribution in [3.63, 3.8) is 0 Å². The van der Waals surface area contributed by atoms with Gasteiger partial charge in [0.25, 0.3) is 11.6 Å². The highest BCUT2D eigenvalue weighted by atomic mass is 16.6. The van der Waals surface area contributed by atoms with Crippen LogP contribution in [0.3, 0.4) is 0 Å². The third-order valence-corrected chi connectivity index (χ3v) is 4.43. The number of benzene rings is 1. The summed E-state index contributed by atoms with van der Waals surface area (Å²) in [5, 5.41) is 13.9. The summed E-state index contributed by atoms with van der Waals surface area (Å²) in [5.74, 6) is -0.647. The number of carbonyl (C=O) groups is 2. The first-order chi connectivity index (χ1) is 12.0. The Kier molecular flexibility index (Phi) is 6.46. The van der Waals surface area contributed by atoms with Crippen LogP contribution in [-0.2, 0) is 11.2 Å². The SMILES string of the molecule is CCc1ccc(C(=O)N2CCCC(C(=O)NCCN)C2)cc1[N+](=O)[O-]. The molecule has 1 aliphatic heterocycles. The van der Waals surface area contributed by atoms with E-state index in [1.54, 1.807) is 17.0 Å². The molecule has 1 aromatic carbocycles. The van der Waals surface area contributed by atoms with Crippen molar-refractivity contribution in [1.82, 2.24) is 10.2 Å². The van der Waals surface area contributed by atoms with Gasteiger partial charge in [-0.25, -0.2) is 0 Å². The second kappa shape index (κ2) is 8.57. The first kappa shape index (κ1) is 18.9. The quantitative estimate of drug-likeness (QED) is 0.589. The summed E-state index contributed by atoms with van der Waals surface area (Å²) in [4.78, 5) is 37.1. The first-order valence-corrected chi connectivity index (χ1v) is 8.52. The maximum absolute atomic E-state index is 12.7. The molecule has 0 radical (unpaired) electrons. The molecule has 8 heteroatoms. The van der Waals surface area contributed by atoms with E-state index in [1.807, 2.05) is 6.92 Å². The van der Waals surface area contributed by atoms with E-state index in [9.17, 15) is 19.7 Å². The number of carbonyl (C=O) groups excluding carboxylic acids is 2. The molecule has 0 spiro atoms. The number of nitrogens with zero attached hydrogens (tertiary/aromatic N) is 2. The van der Waals surface area contributed by atoms with Crippen molar-refractivity contribution in [3.05, 3.63) is 39.4 Å². The lowest BCUT2D eigenvalue weighted by atomic mass is 9.96. The average Bonchev–Trinajstić information content (AvgIpc) is 2.64. The number of nitro groups is 1. The van der Waals surface area contributed by atoms with Gasteiger partial charge in [-0.2, -0.15) is 0 Å². The predicted octanol–water partition coefficient (Wildman–Crippen LogP) is 1.08. The monoisotopic (exact) mass is 348 g/mol.